The molecular weight excluding hydrogens is 362 g/mol. The molecule has 6 heteroatoms. The Labute approximate surface area is 158 Å². The lowest BCUT2D eigenvalue weighted by Gasteiger charge is -2.09. The molecule has 3 aromatic carbocycles. The van der Waals surface area contributed by atoms with Crippen molar-refractivity contribution in [2.75, 3.05) is 11.6 Å². The number of carbonyl (C=O) groups is 1. The Kier molecular flexibility index (Phi) is 5.57. The van der Waals surface area contributed by atoms with Gasteiger partial charge in [-0.15, -0.1) is 0 Å². The van der Waals surface area contributed by atoms with Gasteiger partial charge in [-0.25, -0.2) is 8.42 Å². The molecule has 1 N–H and O–H groups in total. The summed E-state index contributed by atoms with van der Waals surface area (Å²) in [6.45, 7) is 0.471. The van der Waals surface area contributed by atoms with Crippen LogP contribution in [0.1, 0.15) is 15.9 Å². The lowest BCUT2D eigenvalue weighted by atomic mass is 10.2. The molecule has 27 heavy (non-hydrogen) atoms. The SMILES string of the molecule is CS(=O)(=O)c1ccc(C(=O)Nc2ccc(OCc3ccccc3)cc2)cc1. The highest BCUT2D eigenvalue weighted by molar-refractivity contribution is 7.90. The van der Waals surface area contributed by atoms with Gasteiger partial charge in [0.25, 0.3) is 5.91 Å². The van der Waals surface area contributed by atoms with E-state index in [2.05, 4.69) is 5.32 Å². The van der Waals surface area contributed by atoms with E-state index in [-0.39, 0.29) is 10.8 Å². The minimum atomic E-state index is -3.28. The van der Waals surface area contributed by atoms with E-state index < -0.39 is 9.84 Å². The van der Waals surface area contributed by atoms with Crippen LogP contribution < -0.4 is 10.1 Å². The molecule has 0 aliphatic carbocycles. The quantitative estimate of drug-likeness (QED) is 0.702. The molecule has 0 atom stereocenters. The van der Waals surface area contributed by atoms with Crippen LogP contribution in [0.25, 0.3) is 0 Å². The molecule has 0 aliphatic heterocycles. The molecule has 3 aromatic rings. The minimum Gasteiger partial charge on any atom is -0.489 e. The summed E-state index contributed by atoms with van der Waals surface area (Å²) in [7, 11) is -3.28. The number of anilines is 1. The van der Waals surface area contributed by atoms with E-state index in [1.54, 1.807) is 24.3 Å². The predicted molar refractivity (Wildman–Crippen MR) is 105 cm³/mol. The Morgan fingerprint density at radius 2 is 1.52 bits per heavy atom. The Morgan fingerprint density at radius 3 is 2.11 bits per heavy atom. The number of sulfone groups is 1. The fourth-order valence-corrected chi connectivity index (χ4v) is 3.06. The maximum Gasteiger partial charge on any atom is 0.255 e. The van der Waals surface area contributed by atoms with E-state index in [4.69, 9.17) is 4.74 Å². The smallest absolute Gasteiger partial charge is 0.255 e. The maximum absolute atomic E-state index is 12.3. The summed E-state index contributed by atoms with van der Waals surface area (Å²) in [6, 6.07) is 22.7. The van der Waals surface area contributed by atoms with Crippen molar-refractivity contribution in [3.63, 3.8) is 0 Å². The first-order valence-electron chi connectivity index (χ1n) is 8.30. The third-order valence-corrected chi connectivity index (χ3v) is 5.03. The Bertz CT molecular complexity index is 1010. The summed E-state index contributed by atoms with van der Waals surface area (Å²) in [5.74, 6) is 0.391. The average molecular weight is 381 g/mol. The third-order valence-electron chi connectivity index (χ3n) is 3.91. The molecule has 1 amide bonds. The highest BCUT2D eigenvalue weighted by atomic mass is 32.2. The molecule has 0 bridgehead atoms. The summed E-state index contributed by atoms with van der Waals surface area (Å²) < 4.78 is 28.6. The summed E-state index contributed by atoms with van der Waals surface area (Å²) in [5.41, 5.74) is 2.08. The molecule has 0 saturated heterocycles. The number of amides is 1. The highest BCUT2D eigenvalue weighted by Crippen LogP contribution is 2.18. The van der Waals surface area contributed by atoms with Gasteiger partial charge in [-0.3, -0.25) is 4.79 Å². The third kappa shape index (κ3) is 5.18. The molecule has 3 rings (SSSR count). The maximum atomic E-state index is 12.3. The number of rotatable bonds is 6. The summed E-state index contributed by atoms with van der Waals surface area (Å²) in [4.78, 5) is 12.5. The van der Waals surface area contributed by atoms with Crippen LogP contribution in [-0.2, 0) is 16.4 Å². The van der Waals surface area contributed by atoms with Gasteiger partial charge in [0.05, 0.1) is 4.90 Å². The van der Waals surface area contributed by atoms with Crippen LogP contribution in [0.3, 0.4) is 0 Å². The van der Waals surface area contributed by atoms with Crippen LogP contribution in [0.4, 0.5) is 5.69 Å². The van der Waals surface area contributed by atoms with Crippen molar-refractivity contribution >= 4 is 21.4 Å². The van der Waals surface area contributed by atoms with Gasteiger partial charge in [0, 0.05) is 17.5 Å². The van der Waals surface area contributed by atoms with E-state index in [1.165, 1.54) is 24.3 Å². The van der Waals surface area contributed by atoms with Gasteiger partial charge in [-0.05, 0) is 54.1 Å². The Morgan fingerprint density at radius 1 is 0.889 bits per heavy atom. The average Bonchev–Trinajstić information content (AvgIpc) is 2.68. The van der Waals surface area contributed by atoms with E-state index >= 15 is 0 Å². The second kappa shape index (κ2) is 8.05. The lowest BCUT2D eigenvalue weighted by molar-refractivity contribution is 0.102. The second-order valence-electron chi connectivity index (χ2n) is 6.05. The minimum absolute atomic E-state index is 0.180. The van der Waals surface area contributed by atoms with E-state index in [0.29, 0.717) is 23.6 Å². The van der Waals surface area contributed by atoms with Crippen LogP contribution in [-0.4, -0.2) is 20.6 Å². The zero-order valence-electron chi connectivity index (χ0n) is 14.8. The zero-order chi connectivity index (χ0) is 19.3. The van der Waals surface area contributed by atoms with E-state index in [0.717, 1.165) is 11.8 Å². The Hall–Kier alpha value is -3.12. The van der Waals surface area contributed by atoms with Gasteiger partial charge >= 0.3 is 0 Å². The molecule has 0 fully saturated rings. The Balaban J connectivity index is 1.60. The first-order valence-corrected chi connectivity index (χ1v) is 10.2. The van der Waals surface area contributed by atoms with Crippen LogP contribution >= 0.6 is 0 Å². The second-order valence-corrected chi connectivity index (χ2v) is 8.07. The summed E-state index contributed by atoms with van der Waals surface area (Å²) in [5, 5.41) is 2.77. The molecule has 0 unspecified atom stereocenters. The largest absolute Gasteiger partial charge is 0.489 e. The van der Waals surface area contributed by atoms with Gasteiger partial charge in [-0.2, -0.15) is 0 Å². The molecule has 0 heterocycles. The first-order chi connectivity index (χ1) is 12.9. The number of hydrogen-bond acceptors (Lipinski definition) is 4. The van der Waals surface area contributed by atoms with Crippen molar-refractivity contribution in [3.05, 3.63) is 90.0 Å². The molecule has 0 radical (unpaired) electrons. The standard InChI is InChI=1S/C21H19NO4S/c1-27(24,25)20-13-7-17(8-14-20)21(23)22-18-9-11-19(12-10-18)26-15-16-5-3-2-4-6-16/h2-14H,15H2,1H3,(H,22,23). The van der Waals surface area contributed by atoms with Crippen molar-refractivity contribution in [2.24, 2.45) is 0 Å². The topological polar surface area (TPSA) is 72.5 Å². The number of ether oxygens (including phenoxy) is 1. The predicted octanol–water partition coefficient (Wildman–Crippen LogP) is 3.92. The number of nitrogens with one attached hydrogen (secondary N) is 1. The molecular formula is C21H19NO4S. The number of carbonyl (C=O) groups excluding carboxylic acids is 1. The van der Waals surface area contributed by atoms with Crippen LogP contribution in [0, 0.1) is 0 Å². The van der Waals surface area contributed by atoms with Crippen molar-refractivity contribution in [1.82, 2.24) is 0 Å². The van der Waals surface area contributed by atoms with Gasteiger partial charge in [0.2, 0.25) is 0 Å². The van der Waals surface area contributed by atoms with Crippen molar-refractivity contribution in [3.8, 4) is 5.75 Å². The fraction of sp³-hybridized carbons (Fsp3) is 0.0952. The molecule has 0 spiro atoms. The van der Waals surface area contributed by atoms with Gasteiger partial charge < -0.3 is 10.1 Å². The van der Waals surface area contributed by atoms with Crippen LogP contribution in [0.15, 0.2) is 83.8 Å². The van der Waals surface area contributed by atoms with Gasteiger partial charge in [-0.1, -0.05) is 30.3 Å². The van der Waals surface area contributed by atoms with E-state index in [1.807, 2.05) is 30.3 Å². The number of hydrogen-bond donors (Lipinski definition) is 1. The van der Waals surface area contributed by atoms with Crippen LogP contribution in [0.2, 0.25) is 0 Å². The summed E-state index contributed by atoms with van der Waals surface area (Å²) in [6.07, 6.45) is 1.13. The number of benzene rings is 3. The van der Waals surface area contributed by atoms with Crippen molar-refractivity contribution in [2.45, 2.75) is 11.5 Å². The fourth-order valence-electron chi connectivity index (χ4n) is 2.43. The first kappa shape index (κ1) is 18.7. The highest BCUT2D eigenvalue weighted by Gasteiger charge is 2.10. The van der Waals surface area contributed by atoms with Crippen molar-refractivity contribution < 1.29 is 17.9 Å². The van der Waals surface area contributed by atoms with Crippen molar-refractivity contribution in [1.29, 1.82) is 0 Å². The molecule has 0 aliphatic rings. The lowest BCUT2D eigenvalue weighted by Crippen LogP contribution is -2.12. The molecule has 0 aromatic heterocycles. The van der Waals surface area contributed by atoms with Gasteiger partial charge in [0.15, 0.2) is 9.84 Å². The molecule has 0 saturated carbocycles. The monoisotopic (exact) mass is 381 g/mol. The molecule has 138 valence electrons. The van der Waals surface area contributed by atoms with Crippen LogP contribution in [0.5, 0.6) is 5.75 Å². The van der Waals surface area contributed by atoms with E-state index in [9.17, 15) is 13.2 Å². The molecule has 5 nitrogen and oxygen atoms in total. The summed E-state index contributed by atoms with van der Waals surface area (Å²) >= 11 is 0. The van der Waals surface area contributed by atoms with Gasteiger partial charge in [0.1, 0.15) is 12.4 Å². The zero-order valence-corrected chi connectivity index (χ0v) is 15.6. The normalized spacial score (nSPS) is 11.0.